The van der Waals surface area contributed by atoms with Crippen molar-refractivity contribution in [3.63, 3.8) is 0 Å². The number of thiophene rings is 1. The lowest BCUT2D eigenvalue weighted by Gasteiger charge is -2.27. The monoisotopic (exact) mass is 486 g/mol. The van der Waals surface area contributed by atoms with Gasteiger partial charge < -0.3 is 19.1 Å². The third-order valence-electron chi connectivity index (χ3n) is 6.52. The topological polar surface area (TPSA) is 60.9 Å². The van der Waals surface area contributed by atoms with Crippen LogP contribution in [0.3, 0.4) is 0 Å². The first-order chi connectivity index (χ1) is 17.1. The molecule has 1 atom stereocenters. The van der Waals surface area contributed by atoms with Gasteiger partial charge in [0.15, 0.2) is 11.5 Å². The Hall–Kier alpha value is -3.42. The number of aryl methyl sites for hydroxylation is 1. The highest BCUT2D eigenvalue weighted by Crippen LogP contribution is 2.34. The predicted molar refractivity (Wildman–Crippen MR) is 136 cm³/mol. The number of amides is 1. The summed E-state index contributed by atoms with van der Waals surface area (Å²) < 4.78 is 16.9. The minimum Gasteiger partial charge on any atom is -0.454 e. The largest absolute Gasteiger partial charge is 0.454 e. The summed E-state index contributed by atoms with van der Waals surface area (Å²) in [4.78, 5) is 21.8. The van der Waals surface area contributed by atoms with Crippen LogP contribution in [0.1, 0.15) is 34.3 Å². The summed E-state index contributed by atoms with van der Waals surface area (Å²) in [7, 11) is 0. The van der Waals surface area contributed by atoms with Gasteiger partial charge in [-0.15, -0.1) is 11.3 Å². The number of pyridine rings is 1. The molecule has 0 unspecified atom stereocenters. The molecule has 1 saturated heterocycles. The molecular formula is C28H26N2O4S. The number of rotatable bonds is 6. The predicted octanol–water partition coefficient (Wildman–Crippen LogP) is 5.82. The van der Waals surface area contributed by atoms with Crippen molar-refractivity contribution < 1.29 is 19.0 Å². The van der Waals surface area contributed by atoms with Crippen LogP contribution in [0.15, 0.2) is 60.0 Å². The van der Waals surface area contributed by atoms with E-state index in [1.807, 2.05) is 11.0 Å². The normalized spacial score (nSPS) is 16.7. The summed E-state index contributed by atoms with van der Waals surface area (Å²) in [6.45, 7) is 3.97. The molecule has 0 aliphatic carbocycles. The van der Waals surface area contributed by atoms with E-state index in [0.717, 1.165) is 46.5 Å². The van der Waals surface area contributed by atoms with Crippen LogP contribution in [0.4, 0.5) is 0 Å². The maximum Gasteiger partial charge on any atom is 0.254 e. The molecule has 2 aromatic carbocycles. The minimum atomic E-state index is -0.0556. The summed E-state index contributed by atoms with van der Waals surface area (Å²) >= 11 is 1.66. The van der Waals surface area contributed by atoms with E-state index in [9.17, 15) is 4.79 Å². The number of benzene rings is 2. The molecule has 0 saturated carbocycles. The third-order valence-corrected chi connectivity index (χ3v) is 7.40. The highest BCUT2D eigenvalue weighted by molar-refractivity contribution is 7.13. The van der Waals surface area contributed by atoms with Gasteiger partial charge in [-0.1, -0.05) is 18.2 Å². The molecule has 0 bridgehead atoms. The van der Waals surface area contributed by atoms with E-state index in [1.165, 1.54) is 5.56 Å². The van der Waals surface area contributed by atoms with Gasteiger partial charge in [-0.3, -0.25) is 4.79 Å². The Balaban J connectivity index is 1.39. The summed E-state index contributed by atoms with van der Waals surface area (Å²) in [6, 6.07) is 18.0. The molecule has 2 aliphatic rings. The van der Waals surface area contributed by atoms with Crippen molar-refractivity contribution in [2.75, 3.05) is 19.9 Å². The Morgan fingerprint density at radius 2 is 2.03 bits per heavy atom. The zero-order valence-electron chi connectivity index (χ0n) is 19.5. The Labute approximate surface area is 208 Å². The van der Waals surface area contributed by atoms with Gasteiger partial charge in [-0.2, -0.15) is 0 Å². The SMILES string of the molecule is Cc1ccc2cc(CN(C[C@H]3CCCO3)C(=O)c3ccc4c(c3)OCO4)c(-c3cccs3)nc2c1. The molecule has 1 amide bonds. The van der Waals surface area contributed by atoms with Crippen LogP contribution >= 0.6 is 11.3 Å². The second-order valence-electron chi connectivity index (χ2n) is 9.06. The molecule has 7 heteroatoms. The zero-order chi connectivity index (χ0) is 23.8. The summed E-state index contributed by atoms with van der Waals surface area (Å²) in [5, 5.41) is 3.13. The average Bonchev–Trinajstić information content (AvgIpc) is 3.65. The first-order valence-corrected chi connectivity index (χ1v) is 12.8. The average molecular weight is 487 g/mol. The fourth-order valence-electron chi connectivity index (χ4n) is 4.74. The number of nitrogens with zero attached hydrogens (tertiary/aromatic N) is 2. The number of carbonyl (C=O) groups excluding carboxylic acids is 1. The Morgan fingerprint density at radius 1 is 1.11 bits per heavy atom. The minimum absolute atomic E-state index is 0.0363. The molecule has 6 nitrogen and oxygen atoms in total. The van der Waals surface area contributed by atoms with Gasteiger partial charge in [0.25, 0.3) is 5.91 Å². The Kier molecular flexibility index (Phi) is 5.88. The first-order valence-electron chi connectivity index (χ1n) is 11.9. The highest BCUT2D eigenvalue weighted by Gasteiger charge is 2.26. The van der Waals surface area contributed by atoms with Gasteiger partial charge >= 0.3 is 0 Å². The zero-order valence-corrected chi connectivity index (χ0v) is 20.3. The van der Waals surface area contributed by atoms with Gasteiger partial charge in [-0.25, -0.2) is 4.98 Å². The van der Waals surface area contributed by atoms with Crippen molar-refractivity contribution >= 4 is 28.1 Å². The number of hydrogen-bond acceptors (Lipinski definition) is 6. The number of ether oxygens (including phenoxy) is 3. The fraction of sp³-hybridized carbons (Fsp3) is 0.286. The number of hydrogen-bond donors (Lipinski definition) is 0. The van der Waals surface area contributed by atoms with E-state index >= 15 is 0 Å². The molecule has 1 fully saturated rings. The van der Waals surface area contributed by atoms with Crippen LogP contribution in [-0.4, -0.2) is 41.8 Å². The molecule has 0 spiro atoms. The van der Waals surface area contributed by atoms with E-state index in [-0.39, 0.29) is 18.8 Å². The van der Waals surface area contributed by atoms with Crippen LogP contribution in [0, 0.1) is 6.92 Å². The lowest BCUT2D eigenvalue weighted by Crippen LogP contribution is -2.37. The first kappa shape index (κ1) is 22.1. The number of aromatic nitrogens is 1. The maximum absolute atomic E-state index is 13.8. The van der Waals surface area contributed by atoms with Crippen LogP contribution in [-0.2, 0) is 11.3 Å². The van der Waals surface area contributed by atoms with E-state index in [0.29, 0.717) is 30.2 Å². The van der Waals surface area contributed by atoms with Crippen LogP contribution in [0.2, 0.25) is 0 Å². The maximum atomic E-state index is 13.8. The molecule has 4 heterocycles. The molecule has 178 valence electrons. The van der Waals surface area contributed by atoms with E-state index < -0.39 is 0 Å². The summed E-state index contributed by atoms with van der Waals surface area (Å²) in [5.74, 6) is 1.22. The van der Waals surface area contributed by atoms with E-state index in [2.05, 4.69) is 42.6 Å². The summed E-state index contributed by atoms with van der Waals surface area (Å²) in [5.41, 5.74) is 4.66. The van der Waals surface area contributed by atoms with Gasteiger partial charge in [0.1, 0.15) is 0 Å². The number of carbonyl (C=O) groups is 1. The van der Waals surface area contributed by atoms with Crippen LogP contribution in [0.25, 0.3) is 21.5 Å². The van der Waals surface area contributed by atoms with Crippen molar-refractivity contribution in [2.45, 2.75) is 32.4 Å². The van der Waals surface area contributed by atoms with Gasteiger partial charge in [0, 0.05) is 30.6 Å². The second-order valence-corrected chi connectivity index (χ2v) is 10.0. The lowest BCUT2D eigenvalue weighted by atomic mass is 10.0. The van der Waals surface area contributed by atoms with Crippen LogP contribution < -0.4 is 9.47 Å². The van der Waals surface area contributed by atoms with Gasteiger partial charge in [0.05, 0.1) is 22.2 Å². The molecular weight excluding hydrogens is 460 g/mol. The molecule has 0 N–H and O–H groups in total. The van der Waals surface area contributed by atoms with E-state index in [1.54, 1.807) is 29.5 Å². The quantitative estimate of drug-likeness (QED) is 0.344. The van der Waals surface area contributed by atoms with Crippen molar-refractivity contribution in [1.29, 1.82) is 0 Å². The van der Waals surface area contributed by atoms with Crippen LogP contribution in [0.5, 0.6) is 11.5 Å². The molecule has 6 rings (SSSR count). The Morgan fingerprint density at radius 3 is 2.86 bits per heavy atom. The van der Waals surface area contributed by atoms with Crippen molar-refractivity contribution in [3.05, 3.63) is 76.7 Å². The molecule has 4 aromatic rings. The van der Waals surface area contributed by atoms with Crippen molar-refractivity contribution in [3.8, 4) is 22.1 Å². The molecule has 35 heavy (non-hydrogen) atoms. The van der Waals surface area contributed by atoms with Crippen molar-refractivity contribution in [2.24, 2.45) is 0 Å². The fourth-order valence-corrected chi connectivity index (χ4v) is 5.49. The molecule has 0 radical (unpaired) electrons. The van der Waals surface area contributed by atoms with E-state index in [4.69, 9.17) is 19.2 Å². The van der Waals surface area contributed by atoms with Gasteiger partial charge in [-0.05, 0) is 72.7 Å². The molecule has 2 aliphatic heterocycles. The highest BCUT2D eigenvalue weighted by atomic mass is 32.1. The smallest absolute Gasteiger partial charge is 0.254 e. The molecule has 2 aromatic heterocycles. The second kappa shape index (κ2) is 9.32. The standard InChI is InChI=1S/C28H26N2O4S/c1-18-6-7-19-13-21(27(29-23(19)12-18)26-5-3-11-35-26)15-30(16-22-4-2-10-32-22)28(31)20-8-9-24-25(14-20)34-17-33-24/h3,5-9,11-14,22H,2,4,10,15-17H2,1H3/t22-/m1/s1. The third kappa shape index (κ3) is 4.49. The Bertz CT molecular complexity index is 1380. The van der Waals surface area contributed by atoms with Gasteiger partial charge in [0.2, 0.25) is 6.79 Å². The lowest BCUT2D eigenvalue weighted by molar-refractivity contribution is 0.0507. The van der Waals surface area contributed by atoms with Crippen molar-refractivity contribution in [1.82, 2.24) is 9.88 Å². The summed E-state index contributed by atoms with van der Waals surface area (Å²) in [6.07, 6.45) is 2.01. The number of fused-ring (bicyclic) bond motifs is 2.